The Balaban J connectivity index is 1.47. The van der Waals surface area contributed by atoms with E-state index < -0.39 is 0 Å². The summed E-state index contributed by atoms with van der Waals surface area (Å²) in [7, 11) is 0. The summed E-state index contributed by atoms with van der Waals surface area (Å²) in [6.07, 6.45) is 4.75. The molecule has 4 rings (SSSR count). The zero-order valence-electron chi connectivity index (χ0n) is 17.9. The van der Waals surface area contributed by atoms with Gasteiger partial charge >= 0.3 is 0 Å². The van der Waals surface area contributed by atoms with Crippen LogP contribution in [0.25, 0.3) is 16.9 Å². The summed E-state index contributed by atoms with van der Waals surface area (Å²) in [5.41, 5.74) is 2.68. The average Bonchev–Trinajstić information content (AvgIpc) is 3.24. The normalized spacial score (nSPS) is 16.9. The highest BCUT2D eigenvalue weighted by Crippen LogP contribution is 2.22. The number of benzene rings is 2. The molecule has 1 atom stereocenters. The number of nitrogens with one attached hydrogen (secondary N) is 1. The highest BCUT2D eigenvalue weighted by atomic mass is 19.1. The van der Waals surface area contributed by atoms with Crippen molar-refractivity contribution in [1.29, 1.82) is 0 Å². The summed E-state index contributed by atoms with van der Waals surface area (Å²) in [5, 5.41) is 7.69. The summed E-state index contributed by atoms with van der Waals surface area (Å²) in [6.45, 7) is 5.05. The van der Waals surface area contributed by atoms with E-state index in [0.717, 1.165) is 30.8 Å². The van der Waals surface area contributed by atoms with Crippen LogP contribution >= 0.6 is 0 Å². The third-order valence-corrected chi connectivity index (χ3v) is 5.93. The van der Waals surface area contributed by atoms with Crippen LogP contribution in [0.15, 0.2) is 60.7 Å². The molecule has 1 aliphatic heterocycles. The first kappa shape index (κ1) is 21.2. The number of carbonyl (C=O) groups excluding carboxylic acids is 1. The largest absolute Gasteiger partial charge is 0.351 e. The number of aromatic nitrogens is 2. The van der Waals surface area contributed by atoms with E-state index in [0.29, 0.717) is 24.0 Å². The lowest BCUT2D eigenvalue weighted by atomic mass is 10.0. The molecular formula is C25H29FN4O. The van der Waals surface area contributed by atoms with Gasteiger partial charge in [0.25, 0.3) is 5.91 Å². The fourth-order valence-electron chi connectivity index (χ4n) is 4.14. The minimum Gasteiger partial charge on any atom is -0.351 e. The molecule has 0 aliphatic carbocycles. The van der Waals surface area contributed by atoms with E-state index >= 15 is 0 Å². The van der Waals surface area contributed by atoms with Gasteiger partial charge in [0.2, 0.25) is 0 Å². The molecule has 162 valence electrons. The number of nitrogens with zero attached hydrogens (tertiary/aromatic N) is 3. The second-order valence-electron chi connectivity index (χ2n) is 8.16. The SMILES string of the molecule is CC1CCCCN1CCCNC(=O)c1cc(-c2ccc(F)cc2)nn1-c1ccccc1. The van der Waals surface area contributed by atoms with Crippen molar-refractivity contribution in [3.05, 3.63) is 72.2 Å². The van der Waals surface area contributed by atoms with E-state index in [-0.39, 0.29) is 11.7 Å². The van der Waals surface area contributed by atoms with Crippen LogP contribution in [-0.4, -0.2) is 46.3 Å². The standard InChI is InChI=1S/C25H29FN4O/c1-19-8-5-6-16-29(19)17-7-15-27-25(31)24-18-23(20-11-13-21(26)14-12-20)28-30(24)22-9-3-2-4-10-22/h2-4,9-14,18-19H,5-8,15-17H2,1H3,(H,27,31). The number of halogens is 1. The summed E-state index contributed by atoms with van der Waals surface area (Å²) in [6, 6.07) is 18.1. The van der Waals surface area contributed by atoms with Crippen molar-refractivity contribution < 1.29 is 9.18 Å². The van der Waals surface area contributed by atoms with Gasteiger partial charge in [-0.05, 0) is 75.2 Å². The molecule has 1 N–H and O–H groups in total. The van der Waals surface area contributed by atoms with Gasteiger partial charge in [0.15, 0.2) is 0 Å². The van der Waals surface area contributed by atoms with Crippen molar-refractivity contribution in [3.8, 4) is 16.9 Å². The topological polar surface area (TPSA) is 50.2 Å². The number of amides is 1. The lowest BCUT2D eigenvalue weighted by molar-refractivity contribution is 0.0941. The second kappa shape index (κ2) is 9.88. The van der Waals surface area contributed by atoms with Crippen molar-refractivity contribution in [2.75, 3.05) is 19.6 Å². The average molecular weight is 421 g/mol. The molecule has 1 unspecified atom stereocenters. The Morgan fingerprint density at radius 2 is 1.90 bits per heavy atom. The van der Waals surface area contributed by atoms with Crippen molar-refractivity contribution >= 4 is 5.91 Å². The number of rotatable bonds is 7. The summed E-state index contributed by atoms with van der Waals surface area (Å²) >= 11 is 0. The van der Waals surface area contributed by atoms with Gasteiger partial charge in [-0.1, -0.05) is 24.6 Å². The third-order valence-electron chi connectivity index (χ3n) is 5.93. The minimum atomic E-state index is -0.299. The first-order chi connectivity index (χ1) is 15.1. The number of carbonyl (C=O) groups is 1. The number of para-hydroxylation sites is 1. The Bertz CT molecular complexity index is 1000. The predicted molar refractivity (Wildman–Crippen MR) is 121 cm³/mol. The summed E-state index contributed by atoms with van der Waals surface area (Å²) < 4.78 is 15.0. The molecule has 1 saturated heterocycles. The van der Waals surface area contributed by atoms with Gasteiger partial charge in [-0.25, -0.2) is 9.07 Å². The van der Waals surface area contributed by atoms with E-state index in [4.69, 9.17) is 0 Å². The van der Waals surface area contributed by atoms with Gasteiger partial charge in [0.05, 0.1) is 11.4 Å². The lowest BCUT2D eigenvalue weighted by Crippen LogP contribution is -2.39. The van der Waals surface area contributed by atoms with Gasteiger partial charge in [-0.15, -0.1) is 0 Å². The Kier molecular flexibility index (Phi) is 6.77. The fourth-order valence-corrected chi connectivity index (χ4v) is 4.14. The highest BCUT2D eigenvalue weighted by molar-refractivity contribution is 5.94. The maximum absolute atomic E-state index is 13.3. The molecule has 1 aliphatic rings. The Morgan fingerprint density at radius 1 is 1.13 bits per heavy atom. The maximum Gasteiger partial charge on any atom is 0.270 e. The van der Waals surface area contributed by atoms with Crippen molar-refractivity contribution in [3.63, 3.8) is 0 Å². The predicted octanol–water partition coefficient (Wildman–Crippen LogP) is 4.67. The Hall–Kier alpha value is -2.99. The zero-order chi connectivity index (χ0) is 21.6. The van der Waals surface area contributed by atoms with E-state index in [2.05, 4.69) is 22.2 Å². The Morgan fingerprint density at radius 3 is 2.65 bits per heavy atom. The summed E-state index contributed by atoms with van der Waals surface area (Å²) in [4.78, 5) is 15.5. The van der Waals surface area contributed by atoms with E-state index in [9.17, 15) is 9.18 Å². The maximum atomic E-state index is 13.3. The van der Waals surface area contributed by atoms with E-state index in [1.807, 2.05) is 30.3 Å². The molecule has 0 saturated carbocycles. The van der Waals surface area contributed by atoms with Gasteiger partial charge in [0, 0.05) is 24.7 Å². The van der Waals surface area contributed by atoms with Gasteiger partial charge in [0.1, 0.15) is 11.5 Å². The van der Waals surface area contributed by atoms with E-state index in [1.165, 1.54) is 31.4 Å². The van der Waals surface area contributed by atoms with Crippen LogP contribution in [0.1, 0.15) is 43.1 Å². The third kappa shape index (κ3) is 5.20. The lowest BCUT2D eigenvalue weighted by Gasteiger charge is -2.33. The van der Waals surface area contributed by atoms with Gasteiger partial charge in [-0.2, -0.15) is 5.10 Å². The quantitative estimate of drug-likeness (QED) is 0.565. The molecular weight excluding hydrogens is 391 g/mol. The smallest absolute Gasteiger partial charge is 0.270 e. The molecule has 2 aromatic carbocycles. The highest BCUT2D eigenvalue weighted by Gasteiger charge is 2.19. The number of hydrogen-bond donors (Lipinski definition) is 1. The first-order valence-corrected chi connectivity index (χ1v) is 11.1. The molecule has 0 radical (unpaired) electrons. The van der Waals surface area contributed by atoms with Crippen LogP contribution in [0.5, 0.6) is 0 Å². The molecule has 1 fully saturated rings. The van der Waals surface area contributed by atoms with Crippen LogP contribution in [0.4, 0.5) is 4.39 Å². The molecule has 5 nitrogen and oxygen atoms in total. The number of hydrogen-bond acceptors (Lipinski definition) is 3. The van der Waals surface area contributed by atoms with Crippen LogP contribution in [0.3, 0.4) is 0 Å². The first-order valence-electron chi connectivity index (χ1n) is 11.1. The Labute approximate surface area is 182 Å². The van der Waals surface area contributed by atoms with Crippen LogP contribution in [0.2, 0.25) is 0 Å². The van der Waals surface area contributed by atoms with Crippen molar-refractivity contribution in [2.45, 2.75) is 38.6 Å². The van der Waals surface area contributed by atoms with Crippen LogP contribution < -0.4 is 5.32 Å². The van der Waals surface area contributed by atoms with Crippen molar-refractivity contribution in [1.82, 2.24) is 20.0 Å². The number of piperidine rings is 1. The molecule has 3 aromatic rings. The second-order valence-corrected chi connectivity index (χ2v) is 8.16. The molecule has 2 heterocycles. The van der Waals surface area contributed by atoms with Crippen LogP contribution in [0, 0.1) is 5.82 Å². The molecule has 1 aromatic heterocycles. The molecule has 6 heteroatoms. The summed E-state index contributed by atoms with van der Waals surface area (Å²) in [5.74, 6) is -0.455. The van der Waals surface area contributed by atoms with Crippen LogP contribution in [-0.2, 0) is 0 Å². The van der Waals surface area contributed by atoms with Gasteiger partial charge in [-0.3, -0.25) is 4.79 Å². The van der Waals surface area contributed by atoms with Crippen molar-refractivity contribution in [2.24, 2.45) is 0 Å². The molecule has 31 heavy (non-hydrogen) atoms. The molecule has 0 spiro atoms. The molecule has 0 bridgehead atoms. The van der Waals surface area contributed by atoms with Gasteiger partial charge < -0.3 is 10.2 Å². The minimum absolute atomic E-state index is 0.156. The van der Waals surface area contributed by atoms with E-state index in [1.54, 1.807) is 22.9 Å². The molecule has 1 amide bonds. The zero-order valence-corrected chi connectivity index (χ0v) is 17.9. The fraction of sp³-hybridized carbons (Fsp3) is 0.360. The monoisotopic (exact) mass is 420 g/mol. The number of likely N-dealkylation sites (tertiary alicyclic amines) is 1.